The number of likely N-dealkylation sites (N-methyl/N-ethyl adjacent to an activating group) is 1. The van der Waals surface area contributed by atoms with Gasteiger partial charge in [0.15, 0.2) is 0 Å². The van der Waals surface area contributed by atoms with Gasteiger partial charge in [0.1, 0.15) is 11.1 Å². The van der Waals surface area contributed by atoms with Crippen LogP contribution in [0.15, 0.2) is 0 Å². The summed E-state index contributed by atoms with van der Waals surface area (Å²) >= 11 is 7.12. The third kappa shape index (κ3) is 1.92. The van der Waals surface area contributed by atoms with Crippen molar-refractivity contribution >= 4 is 29.0 Å². The van der Waals surface area contributed by atoms with Gasteiger partial charge in [-0.05, 0) is 12.7 Å². The summed E-state index contributed by atoms with van der Waals surface area (Å²) in [5.41, 5.74) is 0. The van der Waals surface area contributed by atoms with E-state index in [-0.39, 0.29) is 6.10 Å². The summed E-state index contributed by atoms with van der Waals surface area (Å²) in [7, 11) is 3.77. The molecule has 4 heteroatoms. The largest absolute Gasteiger partial charge is 0.373 e. The first-order valence-electron chi connectivity index (χ1n) is 4.01. The smallest absolute Gasteiger partial charge is 0.119 e. The van der Waals surface area contributed by atoms with Gasteiger partial charge in [-0.1, -0.05) is 12.2 Å². The summed E-state index contributed by atoms with van der Waals surface area (Å²) in [5, 5.41) is 0.540. The second-order valence-electron chi connectivity index (χ2n) is 2.98. The Kier molecular flexibility index (Phi) is 3.80. The summed E-state index contributed by atoms with van der Waals surface area (Å²) in [6.45, 7) is 1.06. The molecule has 2 nitrogen and oxygen atoms in total. The zero-order valence-corrected chi connectivity index (χ0v) is 9.37. The van der Waals surface area contributed by atoms with Crippen molar-refractivity contribution in [2.75, 3.05) is 27.0 Å². The summed E-state index contributed by atoms with van der Waals surface area (Å²) in [4.78, 5) is 3.05. The van der Waals surface area contributed by atoms with E-state index in [4.69, 9.17) is 17.0 Å². The standard InChI is InChI=1S/C8H15NOS2/c1-9-5-4-6(12-3)7(10-2)8(9)11/h6-7H,4-5H2,1-3H3. The van der Waals surface area contributed by atoms with Crippen molar-refractivity contribution in [3.05, 3.63) is 0 Å². The van der Waals surface area contributed by atoms with Crippen molar-refractivity contribution in [2.24, 2.45) is 0 Å². The second-order valence-corrected chi connectivity index (χ2v) is 4.47. The number of thiocarbonyl (C=S) groups is 1. The number of methoxy groups -OCH3 is 1. The van der Waals surface area contributed by atoms with Crippen LogP contribution in [-0.2, 0) is 4.74 Å². The molecule has 0 aliphatic carbocycles. The normalized spacial score (nSPS) is 30.9. The van der Waals surface area contributed by atoms with E-state index in [2.05, 4.69) is 11.2 Å². The molecule has 1 heterocycles. The highest BCUT2D eigenvalue weighted by Gasteiger charge is 2.31. The van der Waals surface area contributed by atoms with Gasteiger partial charge in [0.05, 0.1) is 0 Å². The predicted molar refractivity (Wildman–Crippen MR) is 57.9 cm³/mol. The summed E-state index contributed by atoms with van der Waals surface area (Å²) in [5.74, 6) is 0. The van der Waals surface area contributed by atoms with Gasteiger partial charge < -0.3 is 9.64 Å². The van der Waals surface area contributed by atoms with E-state index in [9.17, 15) is 0 Å². The van der Waals surface area contributed by atoms with Crippen LogP contribution in [0.1, 0.15) is 6.42 Å². The zero-order valence-electron chi connectivity index (χ0n) is 7.74. The lowest BCUT2D eigenvalue weighted by molar-refractivity contribution is 0.130. The van der Waals surface area contributed by atoms with Crippen molar-refractivity contribution in [3.63, 3.8) is 0 Å². The molecule has 2 atom stereocenters. The molecule has 0 spiro atoms. The Morgan fingerprint density at radius 1 is 1.67 bits per heavy atom. The first kappa shape index (κ1) is 10.3. The quantitative estimate of drug-likeness (QED) is 0.631. The molecule has 1 saturated heterocycles. The second kappa shape index (κ2) is 4.44. The molecule has 1 fully saturated rings. The van der Waals surface area contributed by atoms with Crippen LogP contribution in [0.3, 0.4) is 0 Å². The molecule has 70 valence electrons. The lowest BCUT2D eigenvalue weighted by atomic mass is 10.1. The molecule has 1 aliphatic heterocycles. The fourth-order valence-electron chi connectivity index (χ4n) is 1.45. The third-order valence-corrected chi connectivity index (χ3v) is 3.90. The number of rotatable bonds is 2. The third-order valence-electron chi connectivity index (χ3n) is 2.26. The Balaban J connectivity index is 2.65. The van der Waals surface area contributed by atoms with Gasteiger partial charge in [0, 0.05) is 26.0 Å². The average Bonchev–Trinajstić information content (AvgIpc) is 2.09. The van der Waals surface area contributed by atoms with E-state index in [1.807, 2.05) is 18.8 Å². The Morgan fingerprint density at radius 3 is 2.83 bits per heavy atom. The lowest BCUT2D eigenvalue weighted by Crippen LogP contribution is -2.48. The number of thioether (sulfide) groups is 1. The Bertz CT molecular complexity index is 174. The number of hydrogen-bond donors (Lipinski definition) is 0. The number of hydrogen-bond acceptors (Lipinski definition) is 3. The minimum atomic E-state index is 0.133. The fraction of sp³-hybridized carbons (Fsp3) is 0.875. The van der Waals surface area contributed by atoms with Gasteiger partial charge in [-0.15, -0.1) is 0 Å². The minimum absolute atomic E-state index is 0.133. The van der Waals surface area contributed by atoms with Crippen LogP contribution in [-0.4, -0.2) is 48.2 Å². The SMILES string of the molecule is COC1C(=S)N(C)CCC1SC. The topological polar surface area (TPSA) is 12.5 Å². The van der Waals surface area contributed by atoms with E-state index in [1.165, 1.54) is 0 Å². The average molecular weight is 205 g/mol. The molecule has 0 saturated carbocycles. The Hall–Kier alpha value is 0.200. The molecule has 0 N–H and O–H groups in total. The van der Waals surface area contributed by atoms with Crippen LogP contribution in [0.2, 0.25) is 0 Å². The van der Waals surface area contributed by atoms with Crippen molar-refractivity contribution in [2.45, 2.75) is 17.8 Å². The summed E-state index contributed by atoms with van der Waals surface area (Å²) in [6, 6.07) is 0. The Labute approximate surface area is 83.6 Å². The van der Waals surface area contributed by atoms with Crippen LogP contribution in [0.5, 0.6) is 0 Å². The van der Waals surface area contributed by atoms with Crippen LogP contribution in [0, 0.1) is 0 Å². The molecule has 0 amide bonds. The van der Waals surface area contributed by atoms with E-state index in [0.717, 1.165) is 18.0 Å². The highest BCUT2D eigenvalue weighted by Crippen LogP contribution is 2.24. The van der Waals surface area contributed by atoms with E-state index < -0.39 is 0 Å². The van der Waals surface area contributed by atoms with Crippen LogP contribution >= 0.6 is 24.0 Å². The van der Waals surface area contributed by atoms with Crippen molar-refractivity contribution in [3.8, 4) is 0 Å². The maximum Gasteiger partial charge on any atom is 0.119 e. The minimum Gasteiger partial charge on any atom is -0.373 e. The molecule has 2 unspecified atom stereocenters. The predicted octanol–water partition coefficient (Wildman–Crippen LogP) is 1.40. The van der Waals surface area contributed by atoms with Gasteiger partial charge in [-0.3, -0.25) is 0 Å². The van der Waals surface area contributed by atoms with Crippen LogP contribution < -0.4 is 0 Å². The lowest BCUT2D eigenvalue weighted by Gasteiger charge is -2.36. The highest BCUT2D eigenvalue weighted by atomic mass is 32.2. The maximum absolute atomic E-state index is 5.37. The van der Waals surface area contributed by atoms with E-state index in [1.54, 1.807) is 7.11 Å². The summed E-state index contributed by atoms with van der Waals surface area (Å²) < 4.78 is 5.37. The molecule has 1 aliphatic rings. The van der Waals surface area contributed by atoms with Crippen molar-refractivity contribution in [1.82, 2.24) is 4.90 Å². The number of piperidine rings is 1. The molecular weight excluding hydrogens is 190 g/mol. The first-order valence-corrected chi connectivity index (χ1v) is 5.71. The van der Waals surface area contributed by atoms with Gasteiger partial charge >= 0.3 is 0 Å². The van der Waals surface area contributed by atoms with Gasteiger partial charge in [-0.25, -0.2) is 0 Å². The summed E-state index contributed by atoms with van der Waals surface area (Å²) in [6.07, 6.45) is 3.41. The molecule has 1 rings (SSSR count). The highest BCUT2D eigenvalue weighted by molar-refractivity contribution is 7.99. The van der Waals surface area contributed by atoms with Crippen LogP contribution in [0.4, 0.5) is 0 Å². The molecule has 0 aromatic carbocycles. The van der Waals surface area contributed by atoms with Gasteiger partial charge in [0.2, 0.25) is 0 Å². The molecule has 0 aromatic heterocycles. The van der Waals surface area contributed by atoms with E-state index >= 15 is 0 Å². The molecular formula is C8H15NOS2. The van der Waals surface area contributed by atoms with Gasteiger partial charge in [0.25, 0.3) is 0 Å². The molecule has 12 heavy (non-hydrogen) atoms. The van der Waals surface area contributed by atoms with Crippen molar-refractivity contribution < 1.29 is 4.74 Å². The van der Waals surface area contributed by atoms with Crippen molar-refractivity contribution in [1.29, 1.82) is 0 Å². The fourth-order valence-corrected chi connectivity index (χ4v) is 2.72. The Morgan fingerprint density at radius 2 is 2.33 bits per heavy atom. The van der Waals surface area contributed by atoms with Crippen LogP contribution in [0.25, 0.3) is 0 Å². The molecule has 0 radical (unpaired) electrons. The number of nitrogens with zero attached hydrogens (tertiary/aromatic N) is 1. The molecule has 0 aromatic rings. The number of ether oxygens (including phenoxy) is 1. The first-order chi connectivity index (χ1) is 5.70. The number of likely N-dealkylation sites (tertiary alicyclic amines) is 1. The molecule has 0 bridgehead atoms. The maximum atomic E-state index is 5.37. The van der Waals surface area contributed by atoms with Gasteiger partial charge in [-0.2, -0.15) is 11.8 Å². The monoisotopic (exact) mass is 205 g/mol. The zero-order chi connectivity index (χ0) is 9.14. The van der Waals surface area contributed by atoms with E-state index in [0.29, 0.717) is 5.25 Å².